The Morgan fingerprint density at radius 2 is 2.05 bits per heavy atom. The average molecular weight is 299 g/mol. The second kappa shape index (κ2) is 5.51. The maximum atomic E-state index is 12.3. The SMILES string of the molecule is CCc1ccc(S(=O)(=O)N2CC(CO)C2)cc1C(=O)O. The molecule has 1 saturated heterocycles. The van der Waals surface area contributed by atoms with E-state index in [0.717, 1.165) is 0 Å². The molecule has 0 atom stereocenters. The molecule has 7 heteroatoms. The van der Waals surface area contributed by atoms with E-state index in [1.165, 1.54) is 16.4 Å². The lowest BCUT2D eigenvalue weighted by Gasteiger charge is -2.36. The number of aliphatic hydroxyl groups excluding tert-OH is 1. The van der Waals surface area contributed by atoms with Crippen LogP contribution >= 0.6 is 0 Å². The normalized spacial score (nSPS) is 16.9. The smallest absolute Gasteiger partial charge is 0.336 e. The first-order chi connectivity index (χ1) is 9.40. The minimum Gasteiger partial charge on any atom is -0.478 e. The van der Waals surface area contributed by atoms with Crippen LogP contribution in [0.3, 0.4) is 0 Å². The van der Waals surface area contributed by atoms with Gasteiger partial charge in [0.25, 0.3) is 0 Å². The number of rotatable bonds is 5. The maximum Gasteiger partial charge on any atom is 0.336 e. The lowest BCUT2D eigenvalue weighted by molar-refractivity contribution is 0.0695. The van der Waals surface area contributed by atoms with Gasteiger partial charge in [0.1, 0.15) is 0 Å². The van der Waals surface area contributed by atoms with Crippen LogP contribution in [0, 0.1) is 5.92 Å². The Labute approximate surface area is 117 Å². The number of aliphatic hydroxyl groups is 1. The molecule has 1 heterocycles. The summed E-state index contributed by atoms with van der Waals surface area (Å²) in [4.78, 5) is 11.2. The van der Waals surface area contributed by atoms with Gasteiger partial charge in [0, 0.05) is 25.6 Å². The van der Waals surface area contributed by atoms with Crippen LogP contribution in [-0.4, -0.2) is 48.6 Å². The minimum atomic E-state index is -3.67. The van der Waals surface area contributed by atoms with Crippen molar-refractivity contribution in [3.05, 3.63) is 29.3 Å². The number of aromatic carboxylic acids is 1. The van der Waals surface area contributed by atoms with E-state index in [9.17, 15) is 13.2 Å². The summed E-state index contributed by atoms with van der Waals surface area (Å²) in [5.41, 5.74) is 0.626. The molecular formula is C13H17NO5S. The third kappa shape index (κ3) is 2.56. The molecule has 0 unspecified atom stereocenters. The minimum absolute atomic E-state index is 0.0107. The Morgan fingerprint density at radius 1 is 1.40 bits per heavy atom. The zero-order valence-electron chi connectivity index (χ0n) is 11.1. The summed E-state index contributed by atoms with van der Waals surface area (Å²) in [6.45, 7) is 2.33. The summed E-state index contributed by atoms with van der Waals surface area (Å²) >= 11 is 0. The Balaban J connectivity index is 2.33. The fourth-order valence-electron chi connectivity index (χ4n) is 2.21. The molecule has 0 amide bonds. The zero-order valence-corrected chi connectivity index (χ0v) is 11.9. The number of hydrogen-bond acceptors (Lipinski definition) is 4. The molecule has 1 aromatic rings. The standard InChI is InChI=1S/C13H17NO5S/c1-2-10-3-4-11(5-12(10)13(16)17)20(18,19)14-6-9(7-14)8-15/h3-5,9,15H,2,6-8H2,1H3,(H,16,17). The van der Waals surface area contributed by atoms with Crippen LogP contribution in [0.1, 0.15) is 22.8 Å². The fraction of sp³-hybridized carbons (Fsp3) is 0.462. The molecule has 1 fully saturated rings. The zero-order chi connectivity index (χ0) is 14.9. The Hall–Kier alpha value is -1.44. The van der Waals surface area contributed by atoms with Gasteiger partial charge in [0.15, 0.2) is 0 Å². The average Bonchev–Trinajstić information content (AvgIpc) is 2.36. The van der Waals surface area contributed by atoms with Crippen molar-refractivity contribution in [1.82, 2.24) is 4.31 Å². The van der Waals surface area contributed by atoms with Crippen molar-refractivity contribution >= 4 is 16.0 Å². The number of carbonyl (C=O) groups is 1. The van der Waals surface area contributed by atoms with Crippen LogP contribution < -0.4 is 0 Å². The molecule has 0 radical (unpaired) electrons. The van der Waals surface area contributed by atoms with E-state index >= 15 is 0 Å². The number of aryl methyl sites for hydroxylation is 1. The lowest BCUT2D eigenvalue weighted by Crippen LogP contribution is -2.51. The van der Waals surface area contributed by atoms with Gasteiger partial charge in [-0.05, 0) is 24.1 Å². The summed E-state index contributed by atoms with van der Waals surface area (Å²) in [5, 5.41) is 18.1. The third-order valence-electron chi connectivity index (χ3n) is 3.51. The van der Waals surface area contributed by atoms with Crippen molar-refractivity contribution in [2.75, 3.05) is 19.7 Å². The summed E-state index contributed by atoms with van der Waals surface area (Å²) in [5.74, 6) is -1.16. The highest BCUT2D eigenvalue weighted by atomic mass is 32.2. The van der Waals surface area contributed by atoms with Gasteiger partial charge < -0.3 is 10.2 Å². The first kappa shape index (κ1) is 15.0. The summed E-state index contributed by atoms with van der Waals surface area (Å²) in [6, 6.07) is 4.19. The molecule has 0 bridgehead atoms. The van der Waals surface area contributed by atoms with Gasteiger partial charge in [-0.3, -0.25) is 0 Å². The van der Waals surface area contributed by atoms with E-state index in [-0.39, 0.29) is 36.1 Å². The highest BCUT2D eigenvalue weighted by Crippen LogP contribution is 2.26. The third-order valence-corrected chi connectivity index (χ3v) is 5.34. The summed E-state index contributed by atoms with van der Waals surface area (Å²) in [6.07, 6.45) is 0.526. The van der Waals surface area contributed by atoms with Crippen molar-refractivity contribution in [2.45, 2.75) is 18.2 Å². The van der Waals surface area contributed by atoms with Crippen molar-refractivity contribution in [3.63, 3.8) is 0 Å². The highest BCUT2D eigenvalue weighted by Gasteiger charge is 2.36. The van der Waals surface area contributed by atoms with Gasteiger partial charge in [0.2, 0.25) is 10.0 Å². The number of nitrogens with zero attached hydrogens (tertiary/aromatic N) is 1. The van der Waals surface area contributed by atoms with Crippen molar-refractivity contribution in [2.24, 2.45) is 5.92 Å². The molecular weight excluding hydrogens is 282 g/mol. The van der Waals surface area contributed by atoms with E-state index in [1.807, 2.05) is 6.92 Å². The van der Waals surface area contributed by atoms with Gasteiger partial charge in [-0.2, -0.15) is 4.31 Å². The Kier molecular flexibility index (Phi) is 4.12. The predicted octanol–water partition coefficient (Wildman–Crippen LogP) is 0.560. The molecule has 1 aromatic carbocycles. The van der Waals surface area contributed by atoms with Crippen molar-refractivity contribution in [3.8, 4) is 0 Å². The number of benzene rings is 1. The topological polar surface area (TPSA) is 94.9 Å². The van der Waals surface area contributed by atoms with Crippen molar-refractivity contribution < 1.29 is 23.4 Å². The predicted molar refractivity (Wildman–Crippen MR) is 72.1 cm³/mol. The quantitative estimate of drug-likeness (QED) is 0.828. The number of hydrogen-bond donors (Lipinski definition) is 2. The van der Waals surface area contributed by atoms with E-state index in [1.54, 1.807) is 6.07 Å². The second-order valence-electron chi connectivity index (χ2n) is 4.85. The largest absolute Gasteiger partial charge is 0.478 e. The Bertz CT molecular complexity index is 620. The molecule has 0 aliphatic carbocycles. The molecule has 0 spiro atoms. The van der Waals surface area contributed by atoms with Gasteiger partial charge in [-0.15, -0.1) is 0 Å². The van der Waals surface area contributed by atoms with Crippen LogP contribution in [0.25, 0.3) is 0 Å². The maximum absolute atomic E-state index is 12.3. The first-order valence-corrected chi connectivity index (χ1v) is 7.81. The molecule has 110 valence electrons. The molecule has 2 N–H and O–H groups in total. The van der Waals surface area contributed by atoms with Gasteiger partial charge >= 0.3 is 5.97 Å². The number of carboxylic acid groups (broad SMARTS) is 1. The van der Waals surface area contributed by atoms with Gasteiger partial charge in [-0.25, -0.2) is 13.2 Å². The second-order valence-corrected chi connectivity index (χ2v) is 6.79. The van der Waals surface area contributed by atoms with E-state index < -0.39 is 16.0 Å². The number of sulfonamides is 1. The first-order valence-electron chi connectivity index (χ1n) is 6.37. The lowest BCUT2D eigenvalue weighted by atomic mass is 10.1. The molecule has 6 nitrogen and oxygen atoms in total. The fourth-order valence-corrected chi connectivity index (χ4v) is 3.83. The van der Waals surface area contributed by atoms with E-state index in [0.29, 0.717) is 12.0 Å². The Morgan fingerprint density at radius 3 is 2.55 bits per heavy atom. The van der Waals surface area contributed by atoms with Crippen LogP contribution in [-0.2, 0) is 16.4 Å². The monoisotopic (exact) mass is 299 g/mol. The van der Waals surface area contributed by atoms with Crippen LogP contribution in [0.15, 0.2) is 23.1 Å². The number of carboxylic acids is 1. The van der Waals surface area contributed by atoms with Crippen LogP contribution in [0.2, 0.25) is 0 Å². The molecule has 1 aliphatic heterocycles. The summed E-state index contributed by atoms with van der Waals surface area (Å²) < 4.78 is 25.9. The molecule has 0 aromatic heterocycles. The molecule has 1 aliphatic rings. The molecule has 0 saturated carbocycles. The molecule has 20 heavy (non-hydrogen) atoms. The van der Waals surface area contributed by atoms with Gasteiger partial charge in [0.05, 0.1) is 10.5 Å². The van der Waals surface area contributed by atoms with Crippen LogP contribution in [0.5, 0.6) is 0 Å². The summed E-state index contributed by atoms with van der Waals surface area (Å²) in [7, 11) is -3.67. The molecule has 2 rings (SSSR count). The highest BCUT2D eigenvalue weighted by molar-refractivity contribution is 7.89. The van der Waals surface area contributed by atoms with Crippen molar-refractivity contribution in [1.29, 1.82) is 0 Å². The van der Waals surface area contributed by atoms with Crippen LogP contribution in [0.4, 0.5) is 0 Å². The van der Waals surface area contributed by atoms with Gasteiger partial charge in [-0.1, -0.05) is 13.0 Å². The van der Waals surface area contributed by atoms with E-state index in [2.05, 4.69) is 0 Å². The van der Waals surface area contributed by atoms with E-state index in [4.69, 9.17) is 10.2 Å².